The van der Waals surface area contributed by atoms with Crippen LogP contribution in [0, 0.1) is 0 Å². The Hall–Kier alpha value is -0.870. The Bertz CT molecular complexity index is 336. The number of benzene rings is 1. The number of alkyl halides is 1. The lowest BCUT2D eigenvalue weighted by Crippen LogP contribution is -2.36. The highest BCUT2D eigenvalue weighted by Gasteiger charge is 2.21. The van der Waals surface area contributed by atoms with Crippen LogP contribution in [0.15, 0.2) is 35.4 Å². The summed E-state index contributed by atoms with van der Waals surface area (Å²) in [5.74, 6) is 0. The fourth-order valence-corrected chi connectivity index (χ4v) is 1.94. The molecular formula is C10H12BrN3. The van der Waals surface area contributed by atoms with Crippen molar-refractivity contribution in [2.45, 2.75) is 13.0 Å². The molecule has 14 heavy (non-hydrogen) atoms. The molecular weight excluding hydrogens is 242 g/mol. The van der Waals surface area contributed by atoms with Crippen LogP contribution < -0.4 is 10.5 Å². The predicted molar refractivity (Wildman–Crippen MR) is 62.7 cm³/mol. The van der Waals surface area contributed by atoms with Crippen LogP contribution in [0.4, 0.5) is 5.69 Å². The largest absolute Gasteiger partial charge is 0.204 e. The van der Waals surface area contributed by atoms with Gasteiger partial charge in [-0.15, -0.1) is 0 Å². The van der Waals surface area contributed by atoms with E-state index in [-0.39, 0.29) is 0 Å². The average molecular weight is 254 g/mol. The van der Waals surface area contributed by atoms with Gasteiger partial charge in [-0.1, -0.05) is 34.1 Å². The first-order valence-corrected chi connectivity index (χ1v) is 5.68. The molecule has 1 atom stereocenters. The quantitative estimate of drug-likeness (QED) is 0.819. The van der Waals surface area contributed by atoms with Crippen molar-refractivity contribution in [2.24, 2.45) is 5.10 Å². The van der Waals surface area contributed by atoms with E-state index in [4.69, 9.17) is 0 Å². The molecule has 4 heteroatoms. The Morgan fingerprint density at radius 2 is 2.14 bits per heavy atom. The summed E-state index contributed by atoms with van der Waals surface area (Å²) >= 11 is 3.42. The average Bonchev–Trinajstić information content (AvgIpc) is 2.61. The van der Waals surface area contributed by atoms with Gasteiger partial charge in [-0.2, -0.15) is 10.2 Å². The van der Waals surface area contributed by atoms with E-state index in [2.05, 4.69) is 33.4 Å². The van der Waals surface area contributed by atoms with E-state index < -0.39 is 0 Å². The molecule has 0 amide bonds. The molecule has 1 unspecified atom stereocenters. The fourth-order valence-electron chi connectivity index (χ4n) is 1.35. The number of anilines is 1. The topological polar surface area (TPSA) is 27.6 Å². The molecule has 0 aliphatic carbocycles. The minimum atomic E-state index is 0.301. The van der Waals surface area contributed by atoms with Gasteiger partial charge in [0.25, 0.3) is 0 Å². The zero-order valence-electron chi connectivity index (χ0n) is 7.94. The molecule has 0 bridgehead atoms. The summed E-state index contributed by atoms with van der Waals surface area (Å²) in [6, 6.07) is 10.4. The normalized spacial score (nSPS) is 21.1. The number of hydrazone groups is 1. The molecule has 1 aromatic carbocycles. The van der Waals surface area contributed by atoms with Crippen molar-refractivity contribution in [3.05, 3.63) is 30.3 Å². The number of halogens is 1. The smallest absolute Gasteiger partial charge is 0.0779 e. The Morgan fingerprint density at radius 3 is 2.71 bits per heavy atom. The zero-order chi connectivity index (χ0) is 9.97. The lowest BCUT2D eigenvalue weighted by molar-refractivity contribution is 0.666. The molecule has 0 fully saturated rings. The maximum atomic E-state index is 4.45. The monoisotopic (exact) mass is 253 g/mol. The molecule has 0 radical (unpaired) electrons. The Labute approximate surface area is 91.9 Å². The van der Waals surface area contributed by atoms with Crippen molar-refractivity contribution in [3.63, 3.8) is 0 Å². The molecule has 0 saturated heterocycles. The van der Waals surface area contributed by atoms with E-state index in [9.17, 15) is 0 Å². The Balaban J connectivity index is 2.20. The molecule has 1 N–H and O–H groups in total. The third kappa shape index (κ3) is 1.81. The van der Waals surface area contributed by atoms with Gasteiger partial charge in [0, 0.05) is 5.33 Å². The van der Waals surface area contributed by atoms with Crippen molar-refractivity contribution < 1.29 is 0 Å². The summed E-state index contributed by atoms with van der Waals surface area (Å²) < 4.78 is 0. The summed E-state index contributed by atoms with van der Waals surface area (Å²) in [6.07, 6.45) is 0. The van der Waals surface area contributed by atoms with Crippen LogP contribution >= 0.6 is 15.9 Å². The highest BCUT2D eigenvalue weighted by molar-refractivity contribution is 9.09. The van der Waals surface area contributed by atoms with E-state index in [1.54, 1.807) is 0 Å². The molecule has 3 nitrogen and oxygen atoms in total. The van der Waals surface area contributed by atoms with Gasteiger partial charge in [0.1, 0.15) is 0 Å². The summed E-state index contributed by atoms with van der Waals surface area (Å²) in [6.45, 7) is 2.10. The lowest BCUT2D eigenvalue weighted by Gasteiger charge is -2.15. The minimum absolute atomic E-state index is 0.301. The number of para-hydroxylation sites is 1. The minimum Gasteiger partial charge on any atom is -0.204 e. The second-order valence-corrected chi connectivity index (χ2v) is 3.78. The van der Waals surface area contributed by atoms with Gasteiger partial charge in [0.15, 0.2) is 0 Å². The third-order valence-corrected chi connectivity index (χ3v) is 2.76. The van der Waals surface area contributed by atoms with Crippen LogP contribution in [0.2, 0.25) is 0 Å². The number of hydrogen-bond donors (Lipinski definition) is 1. The molecule has 0 aromatic heterocycles. The second kappa shape index (κ2) is 4.11. The van der Waals surface area contributed by atoms with Crippen molar-refractivity contribution in [2.75, 3.05) is 10.4 Å². The van der Waals surface area contributed by atoms with Crippen molar-refractivity contribution >= 4 is 27.3 Å². The predicted octanol–water partition coefficient (Wildman–Crippen LogP) is 2.15. The zero-order valence-corrected chi connectivity index (χ0v) is 9.53. The highest BCUT2D eigenvalue weighted by atomic mass is 79.9. The number of hydrazine groups is 1. The number of nitrogens with one attached hydrogen (secondary N) is 1. The van der Waals surface area contributed by atoms with Crippen LogP contribution in [-0.2, 0) is 0 Å². The fraction of sp³-hybridized carbons (Fsp3) is 0.300. The van der Waals surface area contributed by atoms with Crippen LogP contribution in [0.3, 0.4) is 0 Å². The van der Waals surface area contributed by atoms with E-state index >= 15 is 0 Å². The lowest BCUT2D eigenvalue weighted by atomic mass is 10.2. The molecule has 0 saturated carbocycles. The molecule has 74 valence electrons. The van der Waals surface area contributed by atoms with E-state index in [1.165, 1.54) is 0 Å². The maximum Gasteiger partial charge on any atom is 0.0779 e. The van der Waals surface area contributed by atoms with Crippen LogP contribution in [-0.4, -0.2) is 17.1 Å². The number of hydrogen-bond acceptors (Lipinski definition) is 3. The van der Waals surface area contributed by atoms with Gasteiger partial charge < -0.3 is 0 Å². The number of rotatable bonds is 2. The van der Waals surface area contributed by atoms with E-state index in [1.807, 2.05) is 35.4 Å². The van der Waals surface area contributed by atoms with Crippen molar-refractivity contribution in [1.29, 1.82) is 0 Å². The van der Waals surface area contributed by atoms with Gasteiger partial charge in [0.05, 0.1) is 17.4 Å². The molecule has 1 heterocycles. The summed E-state index contributed by atoms with van der Waals surface area (Å²) in [5.41, 5.74) is 5.46. The van der Waals surface area contributed by atoms with Crippen molar-refractivity contribution in [1.82, 2.24) is 5.43 Å². The van der Waals surface area contributed by atoms with E-state index in [0.29, 0.717) is 6.04 Å². The van der Waals surface area contributed by atoms with Gasteiger partial charge in [-0.25, -0.2) is 5.43 Å². The summed E-state index contributed by atoms with van der Waals surface area (Å²) in [4.78, 5) is 0. The summed E-state index contributed by atoms with van der Waals surface area (Å²) in [7, 11) is 0. The molecule has 1 aromatic rings. The maximum absolute atomic E-state index is 4.45. The molecule has 2 rings (SSSR count). The van der Waals surface area contributed by atoms with Crippen LogP contribution in [0.5, 0.6) is 0 Å². The van der Waals surface area contributed by atoms with Gasteiger partial charge in [-0.3, -0.25) is 0 Å². The Morgan fingerprint density at radius 1 is 1.43 bits per heavy atom. The molecule has 1 aliphatic heterocycles. The Kier molecular flexibility index (Phi) is 2.84. The van der Waals surface area contributed by atoms with Crippen LogP contribution in [0.1, 0.15) is 6.92 Å². The van der Waals surface area contributed by atoms with Crippen LogP contribution in [0.25, 0.3) is 0 Å². The third-order valence-electron chi connectivity index (χ3n) is 2.18. The number of nitrogens with zero attached hydrogens (tertiary/aromatic N) is 2. The second-order valence-electron chi connectivity index (χ2n) is 3.22. The first-order valence-electron chi connectivity index (χ1n) is 4.56. The first kappa shape index (κ1) is 9.68. The highest BCUT2D eigenvalue weighted by Crippen LogP contribution is 2.16. The first-order chi connectivity index (χ1) is 6.81. The molecule has 1 aliphatic rings. The molecule has 0 spiro atoms. The summed E-state index contributed by atoms with van der Waals surface area (Å²) in [5, 5.41) is 7.08. The van der Waals surface area contributed by atoms with E-state index in [0.717, 1.165) is 16.7 Å². The SMILES string of the molecule is CC1NN(c2ccccc2)N=C1CBr. The van der Waals surface area contributed by atoms with Gasteiger partial charge in [0.2, 0.25) is 0 Å². The van der Waals surface area contributed by atoms with Crippen molar-refractivity contribution in [3.8, 4) is 0 Å². The van der Waals surface area contributed by atoms with Gasteiger partial charge >= 0.3 is 0 Å². The van der Waals surface area contributed by atoms with Gasteiger partial charge in [-0.05, 0) is 19.1 Å². The standard InChI is InChI=1S/C10H12BrN3/c1-8-10(7-11)13-14(12-8)9-5-3-2-4-6-9/h2-6,8,12H,7H2,1H3.